The standard InChI is InChI=1S/C15H12F2N2O4/c1-7-12(21-6-18-7)15(20)19-4-10-11(5-19)23-14-9(17)3-2-8(16)13(14)22-10/h2-3,6,10-11H,4-5H2,1H3/t10-,11+. The Morgan fingerprint density at radius 1 is 1.17 bits per heavy atom. The summed E-state index contributed by atoms with van der Waals surface area (Å²) in [6.07, 6.45) is 0.0659. The van der Waals surface area contributed by atoms with Crippen molar-refractivity contribution in [2.75, 3.05) is 13.1 Å². The number of fused-ring (bicyclic) bond motifs is 2. The Hall–Kier alpha value is -2.64. The fourth-order valence-electron chi connectivity index (χ4n) is 2.82. The van der Waals surface area contributed by atoms with Crippen LogP contribution in [0.4, 0.5) is 8.78 Å². The second-order valence-corrected chi connectivity index (χ2v) is 5.48. The lowest BCUT2D eigenvalue weighted by atomic mass is 10.2. The molecule has 0 unspecified atom stereocenters. The van der Waals surface area contributed by atoms with Gasteiger partial charge in [-0.2, -0.15) is 0 Å². The van der Waals surface area contributed by atoms with E-state index in [2.05, 4.69) is 4.98 Å². The normalized spacial score (nSPS) is 22.1. The Kier molecular flexibility index (Phi) is 3.00. The number of carbonyl (C=O) groups is 1. The minimum atomic E-state index is -0.698. The van der Waals surface area contributed by atoms with Gasteiger partial charge in [0.2, 0.25) is 17.3 Å². The minimum Gasteiger partial charge on any atom is -0.478 e. The third-order valence-corrected chi connectivity index (χ3v) is 4.00. The molecule has 2 aliphatic heterocycles. The van der Waals surface area contributed by atoms with E-state index in [-0.39, 0.29) is 36.3 Å². The topological polar surface area (TPSA) is 64.8 Å². The van der Waals surface area contributed by atoms with Crippen molar-refractivity contribution in [3.8, 4) is 11.5 Å². The average Bonchev–Trinajstić information content (AvgIpc) is 3.14. The number of hydrogen-bond acceptors (Lipinski definition) is 5. The second kappa shape index (κ2) is 4.94. The minimum absolute atomic E-state index is 0.138. The zero-order valence-corrected chi connectivity index (χ0v) is 12.1. The molecule has 1 aromatic carbocycles. The van der Waals surface area contributed by atoms with E-state index in [4.69, 9.17) is 13.9 Å². The van der Waals surface area contributed by atoms with Crippen LogP contribution in [0.2, 0.25) is 0 Å². The molecule has 0 spiro atoms. The zero-order valence-electron chi connectivity index (χ0n) is 12.1. The molecule has 8 heteroatoms. The highest BCUT2D eigenvalue weighted by Crippen LogP contribution is 2.40. The highest BCUT2D eigenvalue weighted by atomic mass is 19.1. The molecule has 0 bridgehead atoms. The lowest BCUT2D eigenvalue weighted by Gasteiger charge is -2.28. The molecule has 6 nitrogen and oxygen atoms in total. The SMILES string of the molecule is Cc1ncoc1C(=O)N1C[C@@H]2Oc3c(F)ccc(F)c3O[C@@H]2C1. The Labute approximate surface area is 129 Å². The maximum atomic E-state index is 13.8. The van der Waals surface area contributed by atoms with Crippen molar-refractivity contribution in [3.05, 3.63) is 41.6 Å². The van der Waals surface area contributed by atoms with Gasteiger partial charge >= 0.3 is 0 Å². The number of likely N-dealkylation sites (tertiary alicyclic amines) is 1. The Morgan fingerprint density at radius 3 is 2.22 bits per heavy atom. The van der Waals surface area contributed by atoms with Crippen molar-refractivity contribution in [1.82, 2.24) is 9.88 Å². The van der Waals surface area contributed by atoms with E-state index in [1.807, 2.05) is 0 Å². The van der Waals surface area contributed by atoms with Crippen LogP contribution in [0, 0.1) is 18.6 Å². The van der Waals surface area contributed by atoms with Gasteiger partial charge in [0, 0.05) is 0 Å². The molecule has 2 aliphatic rings. The highest BCUT2D eigenvalue weighted by molar-refractivity contribution is 5.92. The van der Waals surface area contributed by atoms with Crippen molar-refractivity contribution >= 4 is 5.91 Å². The number of oxazole rings is 1. The molecule has 1 fully saturated rings. The summed E-state index contributed by atoms with van der Waals surface area (Å²) in [5.74, 6) is -2.12. The van der Waals surface area contributed by atoms with Crippen LogP contribution in [0.1, 0.15) is 16.2 Å². The molecule has 4 rings (SSSR count). The van der Waals surface area contributed by atoms with Gasteiger partial charge in [0.15, 0.2) is 30.2 Å². The second-order valence-electron chi connectivity index (χ2n) is 5.48. The maximum absolute atomic E-state index is 13.8. The molecular weight excluding hydrogens is 310 g/mol. The predicted octanol–water partition coefficient (Wildman–Crippen LogP) is 1.93. The van der Waals surface area contributed by atoms with Crippen LogP contribution in [0.3, 0.4) is 0 Å². The molecule has 0 saturated carbocycles. The first-order chi connectivity index (χ1) is 11.0. The third-order valence-electron chi connectivity index (χ3n) is 4.00. The van der Waals surface area contributed by atoms with E-state index < -0.39 is 23.8 Å². The molecule has 1 saturated heterocycles. The lowest BCUT2D eigenvalue weighted by Crippen LogP contribution is -2.39. The molecule has 1 aromatic heterocycles. The first-order valence-electron chi connectivity index (χ1n) is 7.05. The molecule has 3 heterocycles. The first kappa shape index (κ1) is 14.0. The molecule has 0 N–H and O–H groups in total. The summed E-state index contributed by atoms with van der Waals surface area (Å²) >= 11 is 0. The van der Waals surface area contributed by atoms with Gasteiger partial charge in [-0.05, 0) is 19.1 Å². The molecule has 0 radical (unpaired) electrons. The number of ether oxygens (including phenoxy) is 2. The third kappa shape index (κ3) is 2.13. The number of amides is 1. The van der Waals surface area contributed by atoms with E-state index in [1.165, 1.54) is 11.3 Å². The first-order valence-corrected chi connectivity index (χ1v) is 7.05. The van der Waals surface area contributed by atoms with E-state index >= 15 is 0 Å². The quantitative estimate of drug-likeness (QED) is 0.803. The number of carbonyl (C=O) groups excluding carboxylic acids is 1. The largest absolute Gasteiger partial charge is 0.478 e. The smallest absolute Gasteiger partial charge is 0.291 e. The number of halogens is 2. The Balaban J connectivity index is 1.58. The van der Waals surface area contributed by atoms with Gasteiger partial charge in [-0.1, -0.05) is 0 Å². The summed E-state index contributed by atoms with van der Waals surface area (Å²) < 4.78 is 43.6. The highest BCUT2D eigenvalue weighted by Gasteiger charge is 2.44. The Bertz CT molecular complexity index is 753. The Morgan fingerprint density at radius 2 is 1.74 bits per heavy atom. The number of rotatable bonds is 1. The van der Waals surface area contributed by atoms with Gasteiger partial charge in [-0.3, -0.25) is 4.79 Å². The van der Waals surface area contributed by atoms with Crippen molar-refractivity contribution < 1.29 is 27.5 Å². The zero-order chi connectivity index (χ0) is 16.1. The van der Waals surface area contributed by atoms with E-state index in [0.717, 1.165) is 12.1 Å². The van der Waals surface area contributed by atoms with Crippen LogP contribution in [0.15, 0.2) is 22.9 Å². The van der Waals surface area contributed by atoms with Crippen LogP contribution < -0.4 is 9.47 Å². The molecule has 0 aliphatic carbocycles. The van der Waals surface area contributed by atoms with Gasteiger partial charge in [0.1, 0.15) is 0 Å². The van der Waals surface area contributed by atoms with Gasteiger partial charge in [-0.25, -0.2) is 13.8 Å². The monoisotopic (exact) mass is 322 g/mol. The van der Waals surface area contributed by atoms with Crippen molar-refractivity contribution in [2.45, 2.75) is 19.1 Å². The number of nitrogens with zero attached hydrogens (tertiary/aromatic N) is 2. The van der Waals surface area contributed by atoms with Gasteiger partial charge in [0.05, 0.1) is 18.8 Å². The van der Waals surface area contributed by atoms with Crippen molar-refractivity contribution in [2.24, 2.45) is 0 Å². The summed E-state index contributed by atoms with van der Waals surface area (Å²) in [5.41, 5.74) is 0.479. The van der Waals surface area contributed by atoms with Crippen LogP contribution in [-0.4, -0.2) is 41.1 Å². The van der Waals surface area contributed by atoms with E-state index in [9.17, 15) is 13.6 Å². The maximum Gasteiger partial charge on any atom is 0.291 e. The number of hydrogen-bond donors (Lipinski definition) is 0. The van der Waals surface area contributed by atoms with Crippen LogP contribution in [0.25, 0.3) is 0 Å². The number of aryl methyl sites for hydroxylation is 1. The average molecular weight is 322 g/mol. The van der Waals surface area contributed by atoms with Crippen LogP contribution in [-0.2, 0) is 0 Å². The van der Waals surface area contributed by atoms with Gasteiger partial charge < -0.3 is 18.8 Å². The summed E-state index contributed by atoms with van der Waals surface area (Å²) in [6.45, 7) is 2.05. The fourth-order valence-corrected chi connectivity index (χ4v) is 2.82. The molecule has 23 heavy (non-hydrogen) atoms. The summed E-state index contributed by atoms with van der Waals surface area (Å²) in [6, 6.07) is 1.96. The molecule has 1 amide bonds. The number of benzene rings is 1. The molecule has 2 atom stereocenters. The van der Waals surface area contributed by atoms with Crippen molar-refractivity contribution in [3.63, 3.8) is 0 Å². The van der Waals surface area contributed by atoms with Crippen LogP contribution >= 0.6 is 0 Å². The van der Waals surface area contributed by atoms with E-state index in [0.29, 0.717) is 5.69 Å². The van der Waals surface area contributed by atoms with Gasteiger partial charge in [0.25, 0.3) is 5.91 Å². The lowest BCUT2D eigenvalue weighted by molar-refractivity contribution is 0.0467. The summed E-state index contributed by atoms with van der Waals surface area (Å²) in [4.78, 5) is 17.8. The fraction of sp³-hybridized carbons (Fsp3) is 0.333. The van der Waals surface area contributed by atoms with E-state index in [1.54, 1.807) is 6.92 Å². The predicted molar refractivity (Wildman–Crippen MR) is 72.3 cm³/mol. The molecule has 120 valence electrons. The van der Waals surface area contributed by atoms with Gasteiger partial charge in [-0.15, -0.1) is 0 Å². The summed E-state index contributed by atoms with van der Waals surface area (Å²) in [7, 11) is 0. The summed E-state index contributed by atoms with van der Waals surface area (Å²) in [5, 5.41) is 0. The number of aromatic nitrogens is 1. The molecular formula is C15H12F2N2O4. The van der Waals surface area contributed by atoms with Crippen molar-refractivity contribution in [1.29, 1.82) is 0 Å². The molecule has 2 aromatic rings. The van der Waals surface area contributed by atoms with Crippen LogP contribution in [0.5, 0.6) is 11.5 Å².